The summed E-state index contributed by atoms with van der Waals surface area (Å²) in [5.74, 6) is 0.357. The van der Waals surface area contributed by atoms with Gasteiger partial charge in [0.1, 0.15) is 0 Å². The minimum absolute atomic E-state index is 0.00687. The topological polar surface area (TPSA) is 88.1 Å². The van der Waals surface area contributed by atoms with Gasteiger partial charge in [-0.25, -0.2) is 0 Å². The summed E-state index contributed by atoms with van der Waals surface area (Å²) < 4.78 is 11.9. The standard InChI is InChI=1S/C24H25BrN2O5/c25-19-6-7-20(26-23(28)15-2-4-16(5-3-15)24(29)30)18-12-27(11-17(18)19)10-14-1-8-21-22(9-14)32-13-31-21/h1,6-9,15-16H,2-5,10-13H2,(H,26,28)(H,29,30)/t15-,16-. The molecule has 1 aliphatic carbocycles. The van der Waals surface area contributed by atoms with Crippen molar-refractivity contribution >= 4 is 33.5 Å². The number of aliphatic carboxylic acids is 1. The maximum atomic E-state index is 12.9. The minimum atomic E-state index is -0.753. The summed E-state index contributed by atoms with van der Waals surface area (Å²) in [6.07, 6.45) is 2.37. The van der Waals surface area contributed by atoms with Crippen molar-refractivity contribution in [3.63, 3.8) is 0 Å². The first-order valence-corrected chi connectivity index (χ1v) is 11.7. The molecule has 3 aliphatic rings. The van der Waals surface area contributed by atoms with E-state index < -0.39 is 5.97 Å². The van der Waals surface area contributed by atoms with E-state index in [1.807, 2.05) is 24.3 Å². The van der Waals surface area contributed by atoms with E-state index in [0.29, 0.717) is 25.7 Å². The van der Waals surface area contributed by atoms with Crippen molar-refractivity contribution in [1.82, 2.24) is 4.90 Å². The summed E-state index contributed by atoms with van der Waals surface area (Å²) in [6.45, 7) is 2.56. The van der Waals surface area contributed by atoms with Crippen molar-refractivity contribution < 1.29 is 24.2 Å². The van der Waals surface area contributed by atoms with Gasteiger partial charge in [0.25, 0.3) is 0 Å². The highest BCUT2D eigenvalue weighted by Gasteiger charge is 2.31. The maximum Gasteiger partial charge on any atom is 0.306 e. The number of benzene rings is 2. The molecule has 1 fully saturated rings. The summed E-state index contributed by atoms with van der Waals surface area (Å²) >= 11 is 3.67. The second-order valence-electron chi connectivity index (χ2n) is 8.76. The van der Waals surface area contributed by atoms with Crippen LogP contribution >= 0.6 is 15.9 Å². The second-order valence-corrected chi connectivity index (χ2v) is 9.62. The zero-order valence-electron chi connectivity index (χ0n) is 17.6. The van der Waals surface area contributed by atoms with Gasteiger partial charge in [-0.3, -0.25) is 14.5 Å². The van der Waals surface area contributed by atoms with Gasteiger partial charge in [-0.05, 0) is 66.6 Å². The molecule has 2 N–H and O–H groups in total. The lowest BCUT2D eigenvalue weighted by molar-refractivity contribution is -0.143. The highest BCUT2D eigenvalue weighted by Crippen LogP contribution is 2.38. The van der Waals surface area contributed by atoms with Gasteiger partial charge >= 0.3 is 5.97 Å². The highest BCUT2D eigenvalue weighted by molar-refractivity contribution is 9.10. The summed E-state index contributed by atoms with van der Waals surface area (Å²) in [4.78, 5) is 26.4. The molecule has 0 spiro atoms. The fraction of sp³-hybridized carbons (Fsp3) is 0.417. The van der Waals surface area contributed by atoms with E-state index in [2.05, 4.69) is 32.2 Å². The van der Waals surface area contributed by atoms with Crippen LogP contribution in [0.15, 0.2) is 34.8 Å². The molecule has 32 heavy (non-hydrogen) atoms. The Bertz CT molecular complexity index is 1060. The maximum absolute atomic E-state index is 12.9. The van der Waals surface area contributed by atoms with E-state index in [9.17, 15) is 14.7 Å². The van der Waals surface area contributed by atoms with Gasteiger partial charge in [0, 0.05) is 35.7 Å². The Kier molecular flexibility index (Phi) is 5.82. The van der Waals surface area contributed by atoms with Gasteiger partial charge in [0.15, 0.2) is 11.5 Å². The molecule has 2 aromatic carbocycles. The molecule has 2 heterocycles. The smallest absolute Gasteiger partial charge is 0.306 e. The number of nitrogens with zero attached hydrogens (tertiary/aromatic N) is 1. The molecule has 2 aliphatic heterocycles. The van der Waals surface area contributed by atoms with Crippen molar-refractivity contribution in [1.29, 1.82) is 0 Å². The molecule has 0 radical (unpaired) electrons. The van der Waals surface area contributed by atoms with Crippen LogP contribution in [0.3, 0.4) is 0 Å². The van der Waals surface area contributed by atoms with Gasteiger partial charge in [0.05, 0.1) is 5.92 Å². The van der Waals surface area contributed by atoms with Crippen molar-refractivity contribution in [2.75, 3.05) is 12.1 Å². The molecular weight excluding hydrogens is 476 g/mol. The largest absolute Gasteiger partial charge is 0.481 e. The van der Waals surface area contributed by atoms with E-state index in [1.165, 1.54) is 5.56 Å². The van der Waals surface area contributed by atoms with Crippen molar-refractivity contribution in [2.24, 2.45) is 11.8 Å². The highest BCUT2D eigenvalue weighted by atomic mass is 79.9. The molecule has 0 unspecified atom stereocenters. The van der Waals surface area contributed by atoms with E-state index in [0.717, 1.165) is 52.4 Å². The summed E-state index contributed by atoms with van der Waals surface area (Å²) in [6, 6.07) is 9.97. The zero-order chi connectivity index (χ0) is 22.2. The van der Waals surface area contributed by atoms with Crippen LogP contribution in [0.25, 0.3) is 0 Å². The quantitative estimate of drug-likeness (QED) is 0.627. The lowest BCUT2D eigenvalue weighted by Crippen LogP contribution is -2.29. The molecule has 0 bridgehead atoms. The molecule has 8 heteroatoms. The molecule has 5 rings (SSSR count). The van der Waals surface area contributed by atoms with Crippen LogP contribution in [-0.2, 0) is 29.2 Å². The third kappa shape index (κ3) is 4.21. The molecule has 1 amide bonds. The molecular formula is C24H25BrN2O5. The predicted molar refractivity (Wildman–Crippen MR) is 121 cm³/mol. The Balaban J connectivity index is 1.26. The normalized spacial score (nSPS) is 21.9. The van der Waals surface area contributed by atoms with Gasteiger partial charge in [-0.1, -0.05) is 22.0 Å². The number of anilines is 1. The molecule has 2 aromatic rings. The number of nitrogens with one attached hydrogen (secondary N) is 1. The van der Waals surface area contributed by atoms with Crippen molar-refractivity contribution in [3.05, 3.63) is 51.5 Å². The Hall–Kier alpha value is -2.58. The summed E-state index contributed by atoms with van der Waals surface area (Å²) in [5, 5.41) is 12.3. The van der Waals surface area contributed by atoms with E-state index in [1.54, 1.807) is 0 Å². The Morgan fingerprint density at radius 3 is 2.50 bits per heavy atom. The van der Waals surface area contributed by atoms with Crippen LogP contribution in [0.5, 0.6) is 11.5 Å². The first-order valence-electron chi connectivity index (χ1n) is 10.9. The third-order valence-electron chi connectivity index (χ3n) is 6.69. The second kappa shape index (κ2) is 8.75. The van der Waals surface area contributed by atoms with Crippen molar-refractivity contribution in [3.8, 4) is 11.5 Å². The third-order valence-corrected chi connectivity index (χ3v) is 7.43. The number of halogens is 1. The van der Waals surface area contributed by atoms with Gasteiger partial charge < -0.3 is 19.9 Å². The SMILES string of the molecule is O=C(O)[C@H]1CC[C@H](C(=O)Nc2ccc(Br)c3c2CN(Cc2ccc4c(c2)OCO4)C3)CC1. The van der Waals surface area contributed by atoms with Gasteiger partial charge in [-0.15, -0.1) is 0 Å². The van der Waals surface area contributed by atoms with Crippen LogP contribution in [-0.4, -0.2) is 28.7 Å². The summed E-state index contributed by atoms with van der Waals surface area (Å²) in [7, 11) is 0. The average molecular weight is 501 g/mol. The molecule has 0 atom stereocenters. The Morgan fingerprint density at radius 1 is 1.00 bits per heavy atom. The van der Waals surface area contributed by atoms with E-state index in [4.69, 9.17) is 9.47 Å². The lowest BCUT2D eigenvalue weighted by atomic mass is 9.81. The number of carbonyl (C=O) groups excluding carboxylic acids is 1. The van der Waals surface area contributed by atoms with Crippen LogP contribution in [0.2, 0.25) is 0 Å². The molecule has 0 saturated heterocycles. The van der Waals surface area contributed by atoms with Gasteiger partial charge in [0.2, 0.25) is 12.7 Å². The number of ether oxygens (including phenoxy) is 2. The number of carboxylic acids is 1. The lowest BCUT2D eigenvalue weighted by Gasteiger charge is -2.25. The number of carbonyl (C=O) groups is 2. The fourth-order valence-corrected chi connectivity index (χ4v) is 5.38. The molecule has 1 saturated carbocycles. The first-order chi connectivity index (χ1) is 15.5. The number of rotatable bonds is 5. The van der Waals surface area contributed by atoms with E-state index >= 15 is 0 Å². The number of amides is 1. The van der Waals surface area contributed by atoms with Crippen LogP contribution in [0, 0.1) is 11.8 Å². The van der Waals surface area contributed by atoms with Crippen LogP contribution in [0.4, 0.5) is 5.69 Å². The summed E-state index contributed by atoms with van der Waals surface area (Å²) in [5.41, 5.74) is 4.33. The zero-order valence-corrected chi connectivity index (χ0v) is 19.2. The van der Waals surface area contributed by atoms with Crippen LogP contribution < -0.4 is 14.8 Å². The average Bonchev–Trinajstić information content (AvgIpc) is 3.43. The monoisotopic (exact) mass is 500 g/mol. The number of fused-ring (bicyclic) bond motifs is 2. The van der Waals surface area contributed by atoms with E-state index in [-0.39, 0.29) is 24.5 Å². The Morgan fingerprint density at radius 2 is 1.72 bits per heavy atom. The molecule has 7 nitrogen and oxygen atoms in total. The molecule has 168 valence electrons. The fourth-order valence-electron chi connectivity index (χ4n) is 4.88. The molecule has 0 aromatic heterocycles. The predicted octanol–water partition coefficient (Wildman–Crippen LogP) is 4.52. The number of hydrogen-bond acceptors (Lipinski definition) is 5. The Labute approximate surface area is 194 Å². The first kappa shape index (κ1) is 21.3. The number of hydrogen-bond donors (Lipinski definition) is 2. The number of carboxylic acid groups (broad SMARTS) is 1. The van der Waals surface area contributed by atoms with Gasteiger partial charge in [-0.2, -0.15) is 0 Å². The van der Waals surface area contributed by atoms with Crippen LogP contribution in [0.1, 0.15) is 42.4 Å². The minimum Gasteiger partial charge on any atom is -0.481 e. The van der Waals surface area contributed by atoms with Crippen molar-refractivity contribution in [2.45, 2.75) is 45.3 Å².